The van der Waals surface area contributed by atoms with Crippen LogP contribution in [0.3, 0.4) is 0 Å². The summed E-state index contributed by atoms with van der Waals surface area (Å²) in [7, 11) is 0. The first-order chi connectivity index (χ1) is 14.8. The van der Waals surface area contributed by atoms with Gasteiger partial charge in [0, 0.05) is 29.4 Å². The lowest BCUT2D eigenvalue weighted by Gasteiger charge is -2.21. The van der Waals surface area contributed by atoms with Gasteiger partial charge in [0.15, 0.2) is 0 Å². The molecule has 9 heteroatoms. The van der Waals surface area contributed by atoms with Crippen LogP contribution in [0.15, 0.2) is 41.4 Å². The second kappa shape index (κ2) is 8.52. The van der Waals surface area contributed by atoms with Crippen LogP contribution in [0.25, 0.3) is 0 Å². The van der Waals surface area contributed by atoms with Crippen molar-refractivity contribution >= 4 is 23.3 Å². The molecule has 0 saturated carbocycles. The van der Waals surface area contributed by atoms with E-state index in [1.165, 1.54) is 12.1 Å². The summed E-state index contributed by atoms with van der Waals surface area (Å²) in [5.74, 6) is -0.0228. The van der Waals surface area contributed by atoms with Gasteiger partial charge in [-0.15, -0.1) is 0 Å². The highest BCUT2D eigenvalue weighted by Crippen LogP contribution is 2.34. The molecule has 2 aliphatic rings. The van der Waals surface area contributed by atoms with Crippen LogP contribution in [0, 0.1) is 5.82 Å². The number of nitrogens with zero attached hydrogens (tertiary/aromatic N) is 1. The first-order valence-corrected chi connectivity index (χ1v) is 10.0. The van der Waals surface area contributed by atoms with Crippen molar-refractivity contribution in [2.75, 3.05) is 25.0 Å². The lowest BCUT2D eigenvalue weighted by Crippen LogP contribution is -2.38. The first kappa shape index (κ1) is 21.1. The van der Waals surface area contributed by atoms with Crippen LogP contribution in [-0.2, 0) is 16.1 Å². The van der Waals surface area contributed by atoms with Crippen LogP contribution in [0.5, 0.6) is 5.75 Å². The zero-order valence-electron chi connectivity index (χ0n) is 17.4. The molecule has 0 saturated heterocycles. The van der Waals surface area contributed by atoms with Gasteiger partial charge >= 0.3 is 0 Å². The van der Waals surface area contributed by atoms with Crippen LogP contribution in [0.1, 0.15) is 31.0 Å². The minimum atomic E-state index is -0.879. The molecule has 1 unspecified atom stereocenters. The minimum absolute atomic E-state index is 0.0959. The Morgan fingerprint density at radius 2 is 2.10 bits per heavy atom. The molecular weight excluding hydrogens is 403 g/mol. The van der Waals surface area contributed by atoms with Crippen molar-refractivity contribution in [2.45, 2.75) is 32.1 Å². The highest BCUT2D eigenvalue weighted by atomic mass is 19.1. The van der Waals surface area contributed by atoms with Gasteiger partial charge in [0.25, 0.3) is 6.02 Å². The number of fused-ring (bicyclic) bond motifs is 2. The van der Waals surface area contributed by atoms with E-state index in [1.54, 1.807) is 26.0 Å². The zero-order valence-corrected chi connectivity index (χ0v) is 17.4. The number of anilines is 1. The number of rotatable bonds is 6. The maximum absolute atomic E-state index is 13.3. The van der Waals surface area contributed by atoms with Crippen molar-refractivity contribution in [1.82, 2.24) is 10.6 Å². The Kier molecular flexibility index (Phi) is 5.79. The molecule has 2 aromatic carbocycles. The van der Waals surface area contributed by atoms with Crippen molar-refractivity contribution in [3.63, 3.8) is 0 Å². The summed E-state index contributed by atoms with van der Waals surface area (Å²) >= 11 is 0. The third-order valence-electron chi connectivity index (χ3n) is 4.85. The predicted molar refractivity (Wildman–Crippen MR) is 114 cm³/mol. The SMILES string of the molecule is CC(C)(O)CNCC(=O)Nc1ccc2c(c1)COC(NC1COc3cc(F)ccc31)=N2. The molecule has 0 spiro atoms. The van der Waals surface area contributed by atoms with E-state index >= 15 is 0 Å². The molecule has 0 aliphatic carbocycles. The maximum atomic E-state index is 13.3. The highest BCUT2D eigenvalue weighted by Gasteiger charge is 2.27. The number of nitrogens with one attached hydrogen (secondary N) is 3. The van der Waals surface area contributed by atoms with Gasteiger partial charge in [-0.1, -0.05) is 6.07 Å². The number of aliphatic imine (C=N–C) groups is 1. The summed E-state index contributed by atoms with van der Waals surface area (Å²) in [5.41, 5.74) is 2.21. The summed E-state index contributed by atoms with van der Waals surface area (Å²) in [6, 6.07) is 10.1. The molecule has 0 radical (unpaired) electrons. The quantitative estimate of drug-likeness (QED) is 0.563. The Labute approximate surface area is 179 Å². The van der Waals surface area contributed by atoms with E-state index in [0.717, 1.165) is 16.8 Å². The van der Waals surface area contributed by atoms with Crippen LogP contribution in [0.4, 0.5) is 15.8 Å². The fraction of sp³-hybridized carbons (Fsp3) is 0.364. The number of halogens is 1. The minimum Gasteiger partial charge on any atom is -0.491 e. The average Bonchev–Trinajstić information content (AvgIpc) is 3.08. The number of hydrogen-bond donors (Lipinski definition) is 4. The Morgan fingerprint density at radius 1 is 1.26 bits per heavy atom. The number of hydrogen-bond acceptors (Lipinski definition) is 7. The second-order valence-electron chi connectivity index (χ2n) is 8.20. The lowest BCUT2D eigenvalue weighted by atomic mass is 10.1. The topological polar surface area (TPSA) is 104 Å². The van der Waals surface area contributed by atoms with E-state index in [-0.39, 0.29) is 24.3 Å². The third kappa shape index (κ3) is 5.31. The van der Waals surface area contributed by atoms with Crippen LogP contribution >= 0.6 is 0 Å². The van der Waals surface area contributed by atoms with Gasteiger partial charge in [0.2, 0.25) is 5.91 Å². The van der Waals surface area contributed by atoms with Crippen molar-refractivity contribution in [3.8, 4) is 5.75 Å². The molecule has 0 aromatic heterocycles. The summed E-state index contributed by atoms with van der Waals surface area (Å²) in [5, 5.41) is 18.6. The molecular formula is C22H25FN4O4. The smallest absolute Gasteiger partial charge is 0.290 e. The van der Waals surface area contributed by atoms with Gasteiger partial charge in [-0.05, 0) is 38.1 Å². The Hall–Kier alpha value is -3.17. The monoisotopic (exact) mass is 428 g/mol. The van der Waals surface area contributed by atoms with Gasteiger partial charge in [0.05, 0.1) is 23.9 Å². The average molecular weight is 428 g/mol. The van der Waals surface area contributed by atoms with Crippen molar-refractivity contribution in [2.24, 2.45) is 4.99 Å². The summed E-state index contributed by atoms with van der Waals surface area (Å²) in [4.78, 5) is 16.6. The van der Waals surface area contributed by atoms with Crippen LogP contribution in [0.2, 0.25) is 0 Å². The molecule has 31 heavy (non-hydrogen) atoms. The first-order valence-electron chi connectivity index (χ1n) is 10.0. The molecule has 1 amide bonds. The number of benzene rings is 2. The summed E-state index contributed by atoms with van der Waals surface area (Å²) in [6.07, 6.45) is 0. The molecule has 1 atom stereocenters. The molecule has 4 N–H and O–H groups in total. The fourth-order valence-corrected chi connectivity index (χ4v) is 3.39. The van der Waals surface area contributed by atoms with Gasteiger partial charge in [-0.2, -0.15) is 4.99 Å². The Balaban J connectivity index is 1.36. The van der Waals surface area contributed by atoms with E-state index in [4.69, 9.17) is 9.47 Å². The number of carbonyl (C=O) groups is 1. The molecule has 8 nitrogen and oxygen atoms in total. The number of aliphatic hydroxyl groups is 1. The zero-order chi connectivity index (χ0) is 22.0. The number of amides is 1. The molecule has 164 valence electrons. The number of carbonyl (C=O) groups excluding carboxylic acids is 1. The molecule has 2 aromatic rings. The van der Waals surface area contributed by atoms with Crippen molar-refractivity contribution < 1.29 is 23.8 Å². The number of amidine groups is 1. The van der Waals surface area contributed by atoms with E-state index in [9.17, 15) is 14.3 Å². The highest BCUT2D eigenvalue weighted by molar-refractivity contribution is 5.92. The van der Waals surface area contributed by atoms with E-state index in [1.807, 2.05) is 12.1 Å². The van der Waals surface area contributed by atoms with E-state index < -0.39 is 5.60 Å². The van der Waals surface area contributed by atoms with Gasteiger partial charge in [0.1, 0.15) is 24.8 Å². The maximum Gasteiger partial charge on any atom is 0.290 e. The van der Waals surface area contributed by atoms with Gasteiger partial charge in [-0.3, -0.25) is 4.79 Å². The third-order valence-corrected chi connectivity index (χ3v) is 4.85. The lowest BCUT2D eigenvalue weighted by molar-refractivity contribution is -0.115. The number of ether oxygens (including phenoxy) is 2. The predicted octanol–water partition coefficient (Wildman–Crippen LogP) is 2.37. The second-order valence-corrected chi connectivity index (χ2v) is 8.20. The van der Waals surface area contributed by atoms with Gasteiger partial charge < -0.3 is 30.5 Å². The molecule has 0 bridgehead atoms. The molecule has 4 rings (SSSR count). The van der Waals surface area contributed by atoms with E-state index in [0.29, 0.717) is 37.2 Å². The van der Waals surface area contributed by atoms with Crippen LogP contribution in [-0.4, -0.2) is 42.3 Å². The van der Waals surface area contributed by atoms with Crippen molar-refractivity contribution in [1.29, 1.82) is 0 Å². The van der Waals surface area contributed by atoms with E-state index in [2.05, 4.69) is 20.9 Å². The van der Waals surface area contributed by atoms with Crippen LogP contribution < -0.4 is 20.7 Å². The largest absolute Gasteiger partial charge is 0.491 e. The summed E-state index contributed by atoms with van der Waals surface area (Å²) in [6.45, 7) is 4.41. The van der Waals surface area contributed by atoms with Gasteiger partial charge in [-0.25, -0.2) is 4.39 Å². The molecule has 0 fully saturated rings. The molecule has 2 aliphatic heterocycles. The summed E-state index contributed by atoms with van der Waals surface area (Å²) < 4.78 is 24.6. The fourth-order valence-electron chi connectivity index (χ4n) is 3.39. The van der Waals surface area contributed by atoms with Crippen molar-refractivity contribution in [3.05, 3.63) is 53.3 Å². The normalized spacial score (nSPS) is 17.0. The Bertz CT molecular complexity index is 1020. The molecule has 2 heterocycles. The Morgan fingerprint density at radius 3 is 2.90 bits per heavy atom. The standard InChI is InChI=1S/C22H25FN4O4/c1-22(2,29)12-24-9-20(28)25-15-4-6-17-13(7-15)10-31-21(26-17)27-18-11-30-19-8-14(23)3-5-16(18)19/h3-8,18,24,29H,9-12H2,1-2H3,(H,25,28)(H,26,27).